The standard InChI is InChI=1S/C31H24N2O4/c1-33-19-26(25-9-5-6-10-27(25)33)30-32-18-29(37-30)23-12-11-22-17-24(14-13-21(22)16-23)36-28(31(34)35)15-20-7-3-2-4-8-20/h2-14,16-19,28H,15H2,1H3,(H,34,35). The number of hydrogen-bond donors (Lipinski definition) is 1. The van der Waals surface area contributed by atoms with Crippen molar-refractivity contribution in [2.45, 2.75) is 12.5 Å². The predicted molar refractivity (Wildman–Crippen MR) is 144 cm³/mol. The average molecular weight is 489 g/mol. The van der Waals surface area contributed by atoms with Crippen LogP contribution >= 0.6 is 0 Å². The summed E-state index contributed by atoms with van der Waals surface area (Å²) in [6.45, 7) is 0. The van der Waals surface area contributed by atoms with Gasteiger partial charge in [0.2, 0.25) is 5.89 Å². The molecule has 6 rings (SSSR count). The molecule has 0 radical (unpaired) electrons. The molecule has 1 atom stereocenters. The van der Waals surface area contributed by atoms with Gasteiger partial charge in [0.1, 0.15) is 5.75 Å². The summed E-state index contributed by atoms with van der Waals surface area (Å²) in [4.78, 5) is 16.4. The van der Waals surface area contributed by atoms with E-state index in [0.29, 0.717) is 17.4 Å². The molecule has 1 unspecified atom stereocenters. The van der Waals surface area contributed by atoms with Gasteiger partial charge in [0, 0.05) is 36.1 Å². The van der Waals surface area contributed by atoms with Gasteiger partial charge in [-0.05, 0) is 40.6 Å². The van der Waals surface area contributed by atoms with Crippen molar-refractivity contribution in [2.75, 3.05) is 0 Å². The summed E-state index contributed by atoms with van der Waals surface area (Å²) in [5.74, 6) is 0.779. The van der Waals surface area contributed by atoms with Crippen LogP contribution in [0.5, 0.6) is 5.75 Å². The fraction of sp³-hybridized carbons (Fsp3) is 0.0968. The largest absolute Gasteiger partial charge is 0.478 e. The first-order chi connectivity index (χ1) is 18.0. The minimum atomic E-state index is -0.994. The maximum atomic E-state index is 11.8. The molecular weight excluding hydrogens is 464 g/mol. The van der Waals surface area contributed by atoms with Crippen molar-refractivity contribution in [3.63, 3.8) is 0 Å². The second-order valence-corrected chi connectivity index (χ2v) is 9.06. The van der Waals surface area contributed by atoms with Gasteiger partial charge in [-0.25, -0.2) is 9.78 Å². The van der Waals surface area contributed by atoms with Crippen LogP contribution in [0.4, 0.5) is 0 Å². The normalized spacial score (nSPS) is 12.1. The van der Waals surface area contributed by atoms with Crippen LogP contribution in [0, 0.1) is 0 Å². The van der Waals surface area contributed by atoms with Crippen molar-refractivity contribution in [3.05, 3.63) is 109 Å². The molecule has 0 fully saturated rings. The average Bonchev–Trinajstić information content (AvgIpc) is 3.54. The molecule has 0 aliphatic heterocycles. The van der Waals surface area contributed by atoms with Gasteiger partial charge in [0.05, 0.1) is 11.8 Å². The number of aliphatic carboxylic acids is 1. The van der Waals surface area contributed by atoms with Crippen molar-refractivity contribution in [1.29, 1.82) is 0 Å². The monoisotopic (exact) mass is 488 g/mol. The highest BCUT2D eigenvalue weighted by Crippen LogP contribution is 2.33. The van der Waals surface area contributed by atoms with Crippen molar-refractivity contribution < 1.29 is 19.1 Å². The van der Waals surface area contributed by atoms with Gasteiger partial charge >= 0.3 is 5.97 Å². The summed E-state index contributed by atoms with van der Waals surface area (Å²) in [7, 11) is 2.01. The van der Waals surface area contributed by atoms with Crippen LogP contribution in [0.15, 0.2) is 108 Å². The zero-order valence-corrected chi connectivity index (χ0v) is 20.2. The fourth-order valence-corrected chi connectivity index (χ4v) is 4.67. The van der Waals surface area contributed by atoms with Gasteiger partial charge in [0.25, 0.3) is 0 Å². The minimum absolute atomic E-state index is 0.289. The number of oxazole rings is 1. The lowest BCUT2D eigenvalue weighted by molar-refractivity contribution is -0.145. The van der Waals surface area contributed by atoms with Crippen molar-refractivity contribution in [3.8, 4) is 28.5 Å². The highest BCUT2D eigenvalue weighted by molar-refractivity contribution is 5.94. The first-order valence-electron chi connectivity index (χ1n) is 12.0. The molecule has 0 saturated heterocycles. The first kappa shape index (κ1) is 22.6. The molecule has 37 heavy (non-hydrogen) atoms. The van der Waals surface area contributed by atoms with Crippen LogP contribution in [0.3, 0.4) is 0 Å². The van der Waals surface area contributed by atoms with Crippen LogP contribution < -0.4 is 4.74 Å². The Kier molecular flexibility index (Phi) is 5.69. The summed E-state index contributed by atoms with van der Waals surface area (Å²) in [6.07, 6.45) is 3.10. The van der Waals surface area contributed by atoms with Crippen LogP contribution in [0.2, 0.25) is 0 Å². The van der Waals surface area contributed by atoms with Crippen LogP contribution in [0.1, 0.15) is 5.56 Å². The molecular formula is C31H24N2O4. The van der Waals surface area contributed by atoms with E-state index >= 15 is 0 Å². The maximum Gasteiger partial charge on any atom is 0.345 e. The number of para-hydroxylation sites is 1. The van der Waals surface area contributed by atoms with E-state index in [1.165, 1.54) is 0 Å². The molecule has 0 aliphatic carbocycles. The number of carboxylic acid groups (broad SMARTS) is 1. The Bertz CT molecular complexity index is 1730. The molecule has 6 nitrogen and oxygen atoms in total. The Balaban J connectivity index is 1.25. The molecule has 0 bridgehead atoms. The lowest BCUT2D eigenvalue weighted by Gasteiger charge is -2.16. The van der Waals surface area contributed by atoms with E-state index in [4.69, 9.17) is 9.15 Å². The number of aromatic nitrogens is 2. The Hall–Kier alpha value is -4.84. The van der Waals surface area contributed by atoms with Gasteiger partial charge in [-0.1, -0.05) is 66.7 Å². The molecule has 6 heteroatoms. The third-order valence-electron chi connectivity index (χ3n) is 6.55. The number of carbonyl (C=O) groups is 1. The number of rotatable bonds is 7. The molecule has 0 saturated carbocycles. The molecule has 0 aliphatic rings. The van der Waals surface area contributed by atoms with Gasteiger partial charge in [-0.2, -0.15) is 0 Å². The smallest absolute Gasteiger partial charge is 0.345 e. The zero-order chi connectivity index (χ0) is 25.4. The summed E-state index contributed by atoms with van der Waals surface area (Å²) in [6, 6.07) is 29.2. The number of aryl methyl sites for hydroxylation is 1. The lowest BCUT2D eigenvalue weighted by Crippen LogP contribution is -2.29. The molecule has 6 aromatic rings. The van der Waals surface area contributed by atoms with Crippen molar-refractivity contribution in [1.82, 2.24) is 9.55 Å². The van der Waals surface area contributed by atoms with Crippen LogP contribution in [-0.2, 0) is 18.3 Å². The quantitative estimate of drug-likeness (QED) is 0.270. The summed E-state index contributed by atoms with van der Waals surface area (Å²) < 4.78 is 14.1. The molecule has 0 amide bonds. The maximum absolute atomic E-state index is 11.8. The molecule has 2 aromatic heterocycles. The third-order valence-corrected chi connectivity index (χ3v) is 6.55. The number of carboxylic acids is 1. The second kappa shape index (κ2) is 9.32. The summed E-state index contributed by atoms with van der Waals surface area (Å²) in [5.41, 5.74) is 3.90. The number of fused-ring (bicyclic) bond motifs is 2. The van der Waals surface area contributed by atoms with E-state index in [2.05, 4.69) is 21.7 Å². The van der Waals surface area contributed by atoms with E-state index in [0.717, 1.165) is 38.4 Å². The van der Waals surface area contributed by atoms with E-state index < -0.39 is 12.1 Å². The Morgan fingerprint density at radius 2 is 1.73 bits per heavy atom. The van der Waals surface area contributed by atoms with Crippen molar-refractivity contribution in [2.24, 2.45) is 7.05 Å². The second-order valence-electron chi connectivity index (χ2n) is 9.06. The SMILES string of the molecule is Cn1cc(-c2ncc(-c3ccc4cc(OC(Cc5ccccc5)C(=O)O)ccc4c3)o2)c2ccccc21. The molecule has 2 heterocycles. The summed E-state index contributed by atoms with van der Waals surface area (Å²) in [5, 5.41) is 12.7. The lowest BCUT2D eigenvalue weighted by atomic mass is 10.1. The Morgan fingerprint density at radius 1 is 0.973 bits per heavy atom. The van der Waals surface area contributed by atoms with E-state index in [9.17, 15) is 9.90 Å². The number of nitrogens with zero attached hydrogens (tertiary/aromatic N) is 2. The molecule has 1 N–H and O–H groups in total. The van der Waals surface area contributed by atoms with Gasteiger partial charge in [-0.15, -0.1) is 0 Å². The predicted octanol–water partition coefficient (Wildman–Crippen LogP) is 6.73. The molecule has 182 valence electrons. The molecule has 0 spiro atoms. The topological polar surface area (TPSA) is 77.5 Å². The molecule has 4 aromatic carbocycles. The Morgan fingerprint density at radius 3 is 2.57 bits per heavy atom. The van der Waals surface area contributed by atoms with E-state index in [1.54, 1.807) is 12.3 Å². The van der Waals surface area contributed by atoms with Crippen molar-refractivity contribution >= 4 is 27.6 Å². The highest BCUT2D eigenvalue weighted by atomic mass is 16.5. The fourth-order valence-electron chi connectivity index (χ4n) is 4.67. The number of ether oxygens (including phenoxy) is 1. The third kappa shape index (κ3) is 4.45. The minimum Gasteiger partial charge on any atom is -0.478 e. The van der Waals surface area contributed by atoms with Crippen LogP contribution in [-0.4, -0.2) is 26.7 Å². The van der Waals surface area contributed by atoms with E-state index in [-0.39, 0.29) is 6.42 Å². The van der Waals surface area contributed by atoms with Gasteiger partial charge in [0.15, 0.2) is 11.9 Å². The van der Waals surface area contributed by atoms with Crippen LogP contribution in [0.25, 0.3) is 44.5 Å². The number of hydrogen-bond acceptors (Lipinski definition) is 4. The highest BCUT2D eigenvalue weighted by Gasteiger charge is 2.20. The number of benzene rings is 4. The van der Waals surface area contributed by atoms with Gasteiger partial charge in [-0.3, -0.25) is 0 Å². The Labute approximate surface area is 213 Å². The zero-order valence-electron chi connectivity index (χ0n) is 20.2. The van der Waals surface area contributed by atoms with Gasteiger partial charge < -0.3 is 18.8 Å². The first-order valence-corrected chi connectivity index (χ1v) is 12.0. The van der Waals surface area contributed by atoms with E-state index in [1.807, 2.05) is 86.0 Å². The summed E-state index contributed by atoms with van der Waals surface area (Å²) >= 11 is 0.